The first-order chi connectivity index (χ1) is 9.36. The number of sulfone groups is 1. The SMILES string of the molecule is CS(=O)(=O)c1ccc(C(N)Cc2cccc(Br)c2)cc1. The lowest BCUT2D eigenvalue weighted by molar-refractivity contribution is 0.601. The second-order valence-corrected chi connectivity index (χ2v) is 7.71. The van der Waals surface area contributed by atoms with Gasteiger partial charge in [-0.1, -0.05) is 40.2 Å². The van der Waals surface area contributed by atoms with Gasteiger partial charge < -0.3 is 5.73 Å². The van der Waals surface area contributed by atoms with Crippen molar-refractivity contribution < 1.29 is 8.42 Å². The van der Waals surface area contributed by atoms with Gasteiger partial charge in [-0.25, -0.2) is 8.42 Å². The Hall–Kier alpha value is -1.17. The Kier molecular flexibility index (Phi) is 4.62. The van der Waals surface area contributed by atoms with E-state index in [1.807, 2.05) is 24.3 Å². The fraction of sp³-hybridized carbons (Fsp3) is 0.200. The molecular weight excluding hydrogens is 338 g/mol. The standard InChI is InChI=1S/C15H16BrNO2S/c1-20(18,19)14-7-5-12(6-8-14)15(17)10-11-3-2-4-13(16)9-11/h2-9,15H,10,17H2,1H3. The molecule has 1 unspecified atom stereocenters. The summed E-state index contributed by atoms with van der Waals surface area (Å²) in [4.78, 5) is 0.316. The Balaban J connectivity index is 2.15. The van der Waals surface area contributed by atoms with Crippen LogP contribution in [0.4, 0.5) is 0 Å². The van der Waals surface area contributed by atoms with E-state index in [1.165, 1.54) is 6.26 Å². The van der Waals surface area contributed by atoms with Crippen LogP contribution in [0.1, 0.15) is 17.2 Å². The molecular formula is C15H16BrNO2S. The lowest BCUT2D eigenvalue weighted by atomic mass is 10.00. The highest BCUT2D eigenvalue weighted by atomic mass is 79.9. The molecule has 2 rings (SSSR count). The maximum atomic E-state index is 11.4. The molecule has 0 bridgehead atoms. The molecule has 3 nitrogen and oxygen atoms in total. The van der Waals surface area contributed by atoms with E-state index >= 15 is 0 Å². The average molecular weight is 354 g/mol. The quantitative estimate of drug-likeness (QED) is 0.918. The van der Waals surface area contributed by atoms with Crippen LogP contribution in [0.25, 0.3) is 0 Å². The molecule has 5 heteroatoms. The van der Waals surface area contributed by atoms with Crippen molar-refractivity contribution in [2.45, 2.75) is 17.4 Å². The van der Waals surface area contributed by atoms with E-state index < -0.39 is 9.84 Å². The number of benzene rings is 2. The summed E-state index contributed by atoms with van der Waals surface area (Å²) in [5, 5.41) is 0. The molecule has 0 saturated heterocycles. The first-order valence-corrected chi connectivity index (χ1v) is 8.85. The molecule has 2 N–H and O–H groups in total. The molecule has 2 aromatic rings. The maximum absolute atomic E-state index is 11.4. The topological polar surface area (TPSA) is 60.2 Å². The number of nitrogens with two attached hydrogens (primary N) is 1. The molecule has 0 saturated carbocycles. The maximum Gasteiger partial charge on any atom is 0.175 e. The zero-order chi connectivity index (χ0) is 14.8. The lowest BCUT2D eigenvalue weighted by Crippen LogP contribution is -2.13. The van der Waals surface area contributed by atoms with Gasteiger partial charge in [0.05, 0.1) is 4.90 Å². The minimum Gasteiger partial charge on any atom is -0.324 e. The fourth-order valence-electron chi connectivity index (χ4n) is 2.00. The van der Waals surface area contributed by atoms with E-state index in [1.54, 1.807) is 24.3 Å². The molecule has 0 aliphatic heterocycles. The monoisotopic (exact) mass is 353 g/mol. The van der Waals surface area contributed by atoms with Crippen molar-refractivity contribution in [2.24, 2.45) is 5.73 Å². The zero-order valence-corrected chi connectivity index (χ0v) is 13.5. The first-order valence-electron chi connectivity index (χ1n) is 6.16. The predicted molar refractivity (Wildman–Crippen MR) is 84.3 cm³/mol. The molecule has 0 radical (unpaired) electrons. The summed E-state index contributed by atoms with van der Waals surface area (Å²) in [6.45, 7) is 0. The van der Waals surface area contributed by atoms with Crippen molar-refractivity contribution in [1.29, 1.82) is 0 Å². The van der Waals surface area contributed by atoms with E-state index in [9.17, 15) is 8.42 Å². The van der Waals surface area contributed by atoms with E-state index in [2.05, 4.69) is 15.9 Å². The van der Waals surface area contributed by atoms with E-state index in [-0.39, 0.29) is 6.04 Å². The molecule has 0 aromatic heterocycles. The third-order valence-corrected chi connectivity index (χ3v) is 4.70. The van der Waals surface area contributed by atoms with Gasteiger partial charge in [0, 0.05) is 16.8 Å². The fourth-order valence-corrected chi connectivity index (χ4v) is 3.08. The summed E-state index contributed by atoms with van der Waals surface area (Å²) in [6, 6.07) is 14.6. The number of halogens is 1. The van der Waals surface area contributed by atoms with Crippen LogP contribution in [0.2, 0.25) is 0 Å². The Morgan fingerprint density at radius 2 is 1.80 bits per heavy atom. The molecule has 0 fully saturated rings. The van der Waals surface area contributed by atoms with Crippen LogP contribution in [0.3, 0.4) is 0 Å². The van der Waals surface area contributed by atoms with Crippen LogP contribution in [0.5, 0.6) is 0 Å². The van der Waals surface area contributed by atoms with Crippen molar-refractivity contribution in [2.75, 3.05) is 6.26 Å². The number of rotatable bonds is 4. The van der Waals surface area contributed by atoms with E-state index in [0.717, 1.165) is 15.6 Å². The van der Waals surface area contributed by atoms with Crippen LogP contribution < -0.4 is 5.73 Å². The Morgan fingerprint density at radius 1 is 1.15 bits per heavy atom. The van der Waals surface area contributed by atoms with Crippen molar-refractivity contribution in [1.82, 2.24) is 0 Å². The largest absolute Gasteiger partial charge is 0.324 e. The van der Waals surface area contributed by atoms with Gasteiger partial charge in [0.2, 0.25) is 0 Å². The van der Waals surface area contributed by atoms with Gasteiger partial charge in [0.15, 0.2) is 9.84 Å². The minimum atomic E-state index is -3.16. The van der Waals surface area contributed by atoms with Gasteiger partial charge >= 0.3 is 0 Å². The second-order valence-electron chi connectivity index (χ2n) is 4.78. The number of hydrogen-bond donors (Lipinski definition) is 1. The second kappa shape index (κ2) is 6.08. The molecule has 20 heavy (non-hydrogen) atoms. The van der Waals surface area contributed by atoms with Gasteiger partial charge in [-0.3, -0.25) is 0 Å². The highest BCUT2D eigenvalue weighted by Gasteiger charge is 2.10. The van der Waals surface area contributed by atoms with Gasteiger partial charge in [-0.2, -0.15) is 0 Å². The molecule has 2 aromatic carbocycles. The van der Waals surface area contributed by atoms with Gasteiger partial charge in [-0.15, -0.1) is 0 Å². The number of hydrogen-bond acceptors (Lipinski definition) is 3. The summed E-state index contributed by atoms with van der Waals surface area (Å²) >= 11 is 3.43. The van der Waals surface area contributed by atoms with Gasteiger partial charge in [0.1, 0.15) is 0 Å². The summed E-state index contributed by atoms with van der Waals surface area (Å²) in [5.74, 6) is 0. The van der Waals surface area contributed by atoms with Crippen LogP contribution in [-0.4, -0.2) is 14.7 Å². The van der Waals surface area contributed by atoms with Crippen molar-refractivity contribution in [3.05, 3.63) is 64.1 Å². The normalized spacial score (nSPS) is 13.2. The highest BCUT2D eigenvalue weighted by molar-refractivity contribution is 9.10. The average Bonchev–Trinajstić information content (AvgIpc) is 2.38. The molecule has 106 valence electrons. The van der Waals surface area contributed by atoms with Crippen molar-refractivity contribution in [3.63, 3.8) is 0 Å². The van der Waals surface area contributed by atoms with E-state index in [0.29, 0.717) is 11.3 Å². The predicted octanol–water partition coefficient (Wildman–Crippen LogP) is 3.10. The van der Waals surface area contributed by atoms with Gasteiger partial charge in [0.25, 0.3) is 0 Å². The Labute approximate surface area is 127 Å². The van der Waals surface area contributed by atoms with Crippen LogP contribution in [0.15, 0.2) is 57.9 Å². The minimum absolute atomic E-state index is 0.155. The van der Waals surface area contributed by atoms with Crippen LogP contribution in [-0.2, 0) is 16.3 Å². The Bertz CT molecular complexity index is 696. The first kappa shape index (κ1) is 15.2. The van der Waals surface area contributed by atoms with Crippen LogP contribution in [0, 0.1) is 0 Å². The van der Waals surface area contributed by atoms with E-state index in [4.69, 9.17) is 5.73 Å². The molecule has 1 atom stereocenters. The van der Waals surface area contributed by atoms with Gasteiger partial charge in [-0.05, 0) is 41.8 Å². The molecule has 0 heterocycles. The smallest absolute Gasteiger partial charge is 0.175 e. The van der Waals surface area contributed by atoms with Crippen molar-refractivity contribution in [3.8, 4) is 0 Å². The molecule has 0 aliphatic carbocycles. The zero-order valence-electron chi connectivity index (χ0n) is 11.1. The summed E-state index contributed by atoms with van der Waals surface area (Å²) in [7, 11) is -3.16. The summed E-state index contributed by atoms with van der Waals surface area (Å²) in [5.41, 5.74) is 8.24. The third kappa shape index (κ3) is 3.91. The lowest BCUT2D eigenvalue weighted by Gasteiger charge is -2.13. The summed E-state index contributed by atoms with van der Waals surface area (Å²) < 4.78 is 23.8. The third-order valence-electron chi connectivity index (χ3n) is 3.08. The highest BCUT2D eigenvalue weighted by Crippen LogP contribution is 2.20. The van der Waals surface area contributed by atoms with Crippen LogP contribution >= 0.6 is 15.9 Å². The molecule has 0 amide bonds. The van der Waals surface area contributed by atoms with Crippen molar-refractivity contribution >= 4 is 25.8 Å². The Morgan fingerprint density at radius 3 is 2.35 bits per heavy atom. The molecule has 0 aliphatic rings. The summed E-state index contributed by atoms with van der Waals surface area (Å²) in [6.07, 6.45) is 1.90. The molecule has 0 spiro atoms.